The summed E-state index contributed by atoms with van der Waals surface area (Å²) in [7, 11) is 0. The number of amides is 1. The molecular formula is C22H21N5O5S2. The summed E-state index contributed by atoms with van der Waals surface area (Å²) in [5.41, 5.74) is 7.41. The van der Waals surface area contributed by atoms with Crippen LogP contribution in [-0.4, -0.2) is 45.2 Å². The van der Waals surface area contributed by atoms with Crippen LogP contribution >= 0.6 is 23.1 Å². The number of esters is 1. The second-order valence-corrected chi connectivity index (χ2v) is 9.95. The average Bonchev–Trinajstić information content (AvgIpc) is 3.63. The molecule has 2 aliphatic rings. The molecule has 34 heavy (non-hydrogen) atoms. The molecular weight excluding hydrogens is 478 g/mol. The van der Waals surface area contributed by atoms with E-state index in [4.69, 9.17) is 19.3 Å². The molecule has 10 nitrogen and oxygen atoms in total. The van der Waals surface area contributed by atoms with Gasteiger partial charge in [-0.25, -0.2) is 5.01 Å². The lowest BCUT2D eigenvalue weighted by Gasteiger charge is -2.27. The van der Waals surface area contributed by atoms with Crippen LogP contribution in [0.5, 0.6) is 0 Å². The highest BCUT2D eigenvalue weighted by Gasteiger charge is 2.45. The lowest BCUT2D eigenvalue weighted by Crippen LogP contribution is -2.34. The molecule has 0 aromatic carbocycles. The van der Waals surface area contributed by atoms with E-state index in [0.29, 0.717) is 15.2 Å². The molecule has 1 fully saturated rings. The van der Waals surface area contributed by atoms with Gasteiger partial charge in [-0.3, -0.25) is 9.59 Å². The smallest absolute Gasteiger partial charge is 0.316 e. The van der Waals surface area contributed by atoms with Gasteiger partial charge in [0, 0.05) is 5.92 Å². The number of hydrogen-bond acceptors (Lipinski definition) is 11. The predicted molar refractivity (Wildman–Crippen MR) is 126 cm³/mol. The average molecular weight is 500 g/mol. The van der Waals surface area contributed by atoms with Crippen LogP contribution in [0.4, 0.5) is 5.13 Å². The Balaban J connectivity index is 1.30. The van der Waals surface area contributed by atoms with Crippen LogP contribution in [0, 0.1) is 5.92 Å². The van der Waals surface area contributed by atoms with Gasteiger partial charge in [0.25, 0.3) is 5.91 Å². The van der Waals surface area contributed by atoms with Gasteiger partial charge < -0.3 is 19.3 Å². The number of carbonyl (C=O) groups excluding carboxylic acids is 2. The topological polar surface area (TPSA) is 137 Å². The molecule has 1 amide bonds. The summed E-state index contributed by atoms with van der Waals surface area (Å²) >= 11 is 2.34. The second kappa shape index (κ2) is 9.85. The second-order valence-electron chi connectivity index (χ2n) is 7.72. The monoisotopic (exact) mass is 499 g/mol. The maximum Gasteiger partial charge on any atom is 0.316 e. The van der Waals surface area contributed by atoms with Crippen molar-refractivity contribution >= 4 is 51.9 Å². The summed E-state index contributed by atoms with van der Waals surface area (Å²) in [5, 5.41) is 13.9. The largest absolute Gasteiger partial charge is 0.467 e. The van der Waals surface area contributed by atoms with E-state index in [1.807, 2.05) is 24.3 Å². The van der Waals surface area contributed by atoms with E-state index in [0.717, 1.165) is 48.1 Å². The Morgan fingerprint density at radius 1 is 1.26 bits per heavy atom. The number of furan rings is 2. The van der Waals surface area contributed by atoms with Crippen LogP contribution in [-0.2, 0) is 14.3 Å². The van der Waals surface area contributed by atoms with Crippen molar-refractivity contribution < 1.29 is 23.2 Å². The Labute approximate surface area is 202 Å². The van der Waals surface area contributed by atoms with Crippen LogP contribution in [0.25, 0.3) is 6.08 Å². The zero-order chi connectivity index (χ0) is 23.5. The maximum atomic E-state index is 13.1. The van der Waals surface area contributed by atoms with Crippen LogP contribution in [0.3, 0.4) is 0 Å². The van der Waals surface area contributed by atoms with Crippen molar-refractivity contribution in [3.05, 3.63) is 53.9 Å². The molecule has 3 aromatic heterocycles. The SMILES string of the molecule is Nc1nnc(SCC(=O)OCC(=O)N2N=C3C(=Cc4ccco4)CCCC3C2c2ccco2)s1. The van der Waals surface area contributed by atoms with Gasteiger partial charge in [0.1, 0.15) is 17.6 Å². The van der Waals surface area contributed by atoms with Crippen molar-refractivity contribution in [2.75, 3.05) is 18.1 Å². The molecule has 1 saturated carbocycles. The van der Waals surface area contributed by atoms with Crippen molar-refractivity contribution in [2.24, 2.45) is 11.0 Å². The number of allylic oxidation sites excluding steroid dienone is 1. The number of nitrogens with two attached hydrogens (primary N) is 1. The maximum absolute atomic E-state index is 13.1. The molecule has 0 radical (unpaired) electrons. The van der Waals surface area contributed by atoms with Crippen molar-refractivity contribution in [1.82, 2.24) is 15.2 Å². The van der Waals surface area contributed by atoms with Gasteiger partial charge in [-0.05, 0) is 55.2 Å². The molecule has 2 unspecified atom stereocenters. The first kappa shape index (κ1) is 22.4. The number of rotatable bonds is 7. The summed E-state index contributed by atoms with van der Waals surface area (Å²) in [5.74, 6) is 0.410. The first-order valence-corrected chi connectivity index (χ1v) is 12.4. The van der Waals surface area contributed by atoms with E-state index in [1.165, 1.54) is 16.3 Å². The first-order valence-electron chi connectivity index (χ1n) is 10.6. The number of fused-ring (bicyclic) bond motifs is 1. The van der Waals surface area contributed by atoms with E-state index >= 15 is 0 Å². The summed E-state index contributed by atoms with van der Waals surface area (Å²) in [6.07, 6.45) is 7.83. The first-order chi connectivity index (χ1) is 16.6. The minimum Gasteiger partial charge on any atom is -0.467 e. The van der Waals surface area contributed by atoms with Gasteiger partial charge in [-0.15, -0.1) is 10.2 Å². The highest BCUT2D eigenvalue weighted by molar-refractivity contribution is 8.01. The number of hydrazone groups is 1. The summed E-state index contributed by atoms with van der Waals surface area (Å²) in [6, 6.07) is 6.94. The number of ether oxygens (including phenoxy) is 1. The van der Waals surface area contributed by atoms with Gasteiger partial charge >= 0.3 is 5.97 Å². The van der Waals surface area contributed by atoms with Crippen molar-refractivity contribution in [3.8, 4) is 0 Å². The lowest BCUT2D eigenvalue weighted by atomic mass is 9.79. The van der Waals surface area contributed by atoms with Crippen LogP contribution in [0.15, 0.2) is 60.6 Å². The Hall–Kier alpha value is -3.38. The predicted octanol–water partition coefficient (Wildman–Crippen LogP) is 3.76. The Kier molecular flexibility index (Phi) is 6.50. The Morgan fingerprint density at radius 2 is 2.12 bits per heavy atom. The standard InChI is InChI=1S/C22H21N5O5S2/c23-21-24-25-22(34-21)33-12-18(29)32-11-17(28)27-20(16-7-3-9-31-16)15-6-1-4-13(19(15)26-27)10-14-5-2-8-30-14/h2-3,5,7-10,15,20H,1,4,6,11-12H2,(H2,23,24). The fraction of sp³-hybridized carbons (Fsp3) is 0.318. The minimum absolute atomic E-state index is 0.00327. The van der Waals surface area contributed by atoms with Crippen molar-refractivity contribution in [3.63, 3.8) is 0 Å². The molecule has 1 aliphatic heterocycles. The van der Waals surface area contributed by atoms with Crippen molar-refractivity contribution in [1.29, 1.82) is 0 Å². The van der Waals surface area contributed by atoms with Crippen LogP contribution in [0.2, 0.25) is 0 Å². The molecule has 176 valence electrons. The number of nitrogens with zero attached hydrogens (tertiary/aromatic N) is 4. The van der Waals surface area contributed by atoms with E-state index in [-0.39, 0.29) is 11.7 Å². The minimum atomic E-state index is -0.538. The number of hydrogen-bond donors (Lipinski definition) is 1. The highest BCUT2D eigenvalue weighted by atomic mass is 32.2. The summed E-state index contributed by atoms with van der Waals surface area (Å²) in [6.45, 7) is -0.421. The van der Waals surface area contributed by atoms with Gasteiger partial charge in [0.2, 0.25) is 5.13 Å². The molecule has 0 saturated heterocycles. The third kappa shape index (κ3) is 4.77. The fourth-order valence-corrected chi connectivity index (χ4v) is 5.57. The third-order valence-corrected chi connectivity index (χ3v) is 7.40. The Morgan fingerprint density at radius 3 is 2.85 bits per heavy atom. The zero-order valence-electron chi connectivity index (χ0n) is 18.0. The Bertz CT molecular complexity index is 1220. The number of aromatic nitrogens is 2. The molecule has 0 bridgehead atoms. The number of thioether (sulfide) groups is 1. The molecule has 2 N–H and O–H groups in total. The van der Waals surface area contributed by atoms with Gasteiger partial charge in [0.05, 0.1) is 24.0 Å². The molecule has 4 heterocycles. The van der Waals surface area contributed by atoms with Crippen LogP contribution in [0.1, 0.15) is 36.8 Å². The molecule has 12 heteroatoms. The van der Waals surface area contributed by atoms with Gasteiger partial charge in [0.15, 0.2) is 10.9 Å². The zero-order valence-corrected chi connectivity index (χ0v) is 19.6. The van der Waals surface area contributed by atoms with E-state index in [1.54, 1.807) is 18.6 Å². The fourth-order valence-electron chi connectivity index (χ4n) is 4.14. The normalized spacial score (nSPS) is 20.9. The molecule has 1 aliphatic carbocycles. The van der Waals surface area contributed by atoms with Crippen LogP contribution < -0.4 is 5.73 Å². The number of anilines is 1. The van der Waals surface area contributed by atoms with E-state index in [9.17, 15) is 9.59 Å². The van der Waals surface area contributed by atoms with Gasteiger partial charge in [-0.1, -0.05) is 23.1 Å². The third-order valence-electron chi connectivity index (χ3n) is 5.54. The molecule has 3 aromatic rings. The van der Waals surface area contributed by atoms with E-state index in [2.05, 4.69) is 15.3 Å². The summed E-state index contributed by atoms with van der Waals surface area (Å²) < 4.78 is 16.9. The molecule has 2 atom stereocenters. The highest BCUT2D eigenvalue weighted by Crippen LogP contribution is 2.44. The van der Waals surface area contributed by atoms with Gasteiger partial charge in [-0.2, -0.15) is 5.10 Å². The molecule has 0 spiro atoms. The quantitative estimate of drug-likeness (QED) is 0.380. The van der Waals surface area contributed by atoms with Crippen molar-refractivity contribution in [2.45, 2.75) is 29.6 Å². The summed E-state index contributed by atoms with van der Waals surface area (Å²) in [4.78, 5) is 25.3. The lowest BCUT2D eigenvalue weighted by molar-refractivity contribution is -0.151. The number of carbonyl (C=O) groups is 2. The molecule has 5 rings (SSSR count). The van der Waals surface area contributed by atoms with E-state index < -0.39 is 24.5 Å². The number of nitrogen functional groups attached to an aromatic ring is 1.